The molecule has 4 rings (SSSR count). The van der Waals surface area contributed by atoms with Crippen LogP contribution in [-0.4, -0.2) is 32.6 Å². The van der Waals surface area contributed by atoms with Crippen molar-refractivity contribution in [2.24, 2.45) is 5.92 Å². The molecule has 3 heterocycles. The summed E-state index contributed by atoms with van der Waals surface area (Å²) in [4.78, 5) is 26.3. The SMILES string of the molecule is C[C@H](Nc1ncnc(N)c1C#N)c1nc2cccc(Cl)c2c(=O)n1CC1CCNCC1. The molecule has 9 nitrogen and oxygen atoms in total. The van der Waals surface area contributed by atoms with E-state index in [9.17, 15) is 10.1 Å². The average molecular weight is 439 g/mol. The molecule has 1 aliphatic rings. The number of benzene rings is 1. The normalized spacial score (nSPS) is 15.5. The van der Waals surface area contributed by atoms with Crippen molar-refractivity contribution in [2.45, 2.75) is 32.4 Å². The van der Waals surface area contributed by atoms with Gasteiger partial charge in [-0.15, -0.1) is 0 Å². The van der Waals surface area contributed by atoms with Crippen LogP contribution < -0.4 is 21.9 Å². The Kier molecular flexibility index (Phi) is 6.02. The lowest BCUT2D eigenvalue weighted by atomic mass is 9.98. The van der Waals surface area contributed by atoms with Gasteiger partial charge < -0.3 is 16.4 Å². The van der Waals surface area contributed by atoms with Gasteiger partial charge in [0.05, 0.1) is 22.0 Å². The van der Waals surface area contributed by atoms with Crippen molar-refractivity contribution < 1.29 is 0 Å². The molecule has 0 spiro atoms. The Morgan fingerprint density at radius 2 is 2.16 bits per heavy atom. The van der Waals surface area contributed by atoms with Crippen molar-refractivity contribution in [1.29, 1.82) is 5.26 Å². The highest BCUT2D eigenvalue weighted by Gasteiger charge is 2.23. The van der Waals surface area contributed by atoms with Crippen LogP contribution >= 0.6 is 11.6 Å². The molecule has 2 aromatic heterocycles. The summed E-state index contributed by atoms with van der Waals surface area (Å²) in [6.45, 7) is 4.27. The van der Waals surface area contributed by atoms with Crippen LogP contribution in [0.2, 0.25) is 5.02 Å². The Balaban J connectivity index is 1.80. The van der Waals surface area contributed by atoms with Crippen molar-refractivity contribution in [3.8, 4) is 6.07 Å². The molecule has 3 aromatic rings. The monoisotopic (exact) mass is 438 g/mol. The van der Waals surface area contributed by atoms with Gasteiger partial charge in [-0.25, -0.2) is 15.0 Å². The lowest BCUT2D eigenvalue weighted by Crippen LogP contribution is -2.35. The van der Waals surface area contributed by atoms with Gasteiger partial charge in [0.25, 0.3) is 5.56 Å². The highest BCUT2D eigenvalue weighted by atomic mass is 35.5. The number of hydrogen-bond donors (Lipinski definition) is 3. The van der Waals surface area contributed by atoms with Crippen LogP contribution in [-0.2, 0) is 6.54 Å². The second kappa shape index (κ2) is 8.88. The maximum Gasteiger partial charge on any atom is 0.262 e. The number of hydrogen-bond acceptors (Lipinski definition) is 8. The maximum absolute atomic E-state index is 13.5. The van der Waals surface area contributed by atoms with Gasteiger partial charge >= 0.3 is 0 Å². The van der Waals surface area contributed by atoms with E-state index >= 15 is 0 Å². The first-order valence-corrected chi connectivity index (χ1v) is 10.5. The van der Waals surface area contributed by atoms with Crippen molar-refractivity contribution in [3.05, 3.63) is 51.3 Å². The fourth-order valence-corrected chi connectivity index (χ4v) is 4.21. The lowest BCUT2D eigenvalue weighted by molar-refractivity contribution is 0.323. The molecule has 0 unspecified atom stereocenters. The zero-order chi connectivity index (χ0) is 22.0. The number of nitriles is 1. The van der Waals surface area contributed by atoms with E-state index in [1.165, 1.54) is 6.33 Å². The quantitative estimate of drug-likeness (QED) is 0.552. The first-order valence-electron chi connectivity index (χ1n) is 10.2. The van der Waals surface area contributed by atoms with Gasteiger partial charge in [-0.05, 0) is 50.9 Å². The topological polar surface area (TPSA) is 135 Å². The van der Waals surface area contributed by atoms with Crippen LogP contribution in [0.5, 0.6) is 0 Å². The Morgan fingerprint density at radius 1 is 1.39 bits per heavy atom. The smallest absolute Gasteiger partial charge is 0.262 e. The molecular weight excluding hydrogens is 416 g/mol. The Hall–Kier alpha value is -3.22. The molecule has 0 radical (unpaired) electrons. The summed E-state index contributed by atoms with van der Waals surface area (Å²) in [5, 5.41) is 16.8. The molecule has 0 saturated carbocycles. The van der Waals surface area contributed by atoms with Gasteiger partial charge in [0.1, 0.15) is 35.4 Å². The molecule has 1 saturated heterocycles. The van der Waals surface area contributed by atoms with E-state index < -0.39 is 6.04 Å². The van der Waals surface area contributed by atoms with Crippen LogP contribution in [0.25, 0.3) is 10.9 Å². The number of halogens is 1. The summed E-state index contributed by atoms with van der Waals surface area (Å²) in [6.07, 6.45) is 3.26. The molecule has 1 aliphatic heterocycles. The number of piperidine rings is 1. The van der Waals surface area contributed by atoms with Gasteiger partial charge in [0.2, 0.25) is 0 Å². The molecule has 1 aromatic carbocycles. The van der Waals surface area contributed by atoms with Gasteiger partial charge in [-0.2, -0.15) is 5.26 Å². The largest absolute Gasteiger partial charge is 0.382 e. The van der Waals surface area contributed by atoms with E-state index in [1.54, 1.807) is 22.8 Å². The summed E-state index contributed by atoms with van der Waals surface area (Å²) in [7, 11) is 0. The van der Waals surface area contributed by atoms with Crippen molar-refractivity contribution in [1.82, 2.24) is 24.8 Å². The third-order valence-corrected chi connectivity index (χ3v) is 5.91. The average Bonchev–Trinajstić information content (AvgIpc) is 2.76. The number of fused-ring (bicyclic) bond motifs is 1. The number of anilines is 2. The third kappa shape index (κ3) is 4.17. The predicted molar refractivity (Wildman–Crippen MR) is 120 cm³/mol. The summed E-state index contributed by atoms with van der Waals surface area (Å²) in [6, 6.07) is 6.85. The highest BCUT2D eigenvalue weighted by molar-refractivity contribution is 6.35. The van der Waals surface area contributed by atoms with Gasteiger partial charge in [0.15, 0.2) is 0 Å². The molecular formula is C21H23ClN8O. The molecule has 10 heteroatoms. The zero-order valence-electron chi connectivity index (χ0n) is 17.1. The van der Waals surface area contributed by atoms with Crippen LogP contribution in [0, 0.1) is 17.2 Å². The summed E-state index contributed by atoms with van der Waals surface area (Å²) in [5.74, 6) is 1.31. The zero-order valence-corrected chi connectivity index (χ0v) is 17.9. The summed E-state index contributed by atoms with van der Waals surface area (Å²) >= 11 is 6.35. The fourth-order valence-electron chi connectivity index (χ4n) is 3.96. The van der Waals surface area contributed by atoms with E-state index in [0.717, 1.165) is 25.9 Å². The minimum Gasteiger partial charge on any atom is -0.382 e. The third-order valence-electron chi connectivity index (χ3n) is 5.59. The van der Waals surface area contributed by atoms with Gasteiger partial charge in [0, 0.05) is 6.54 Å². The summed E-state index contributed by atoms with van der Waals surface area (Å²) in [5.41, 5.74) is 6.33. The number of aromatic nitrogens is 4. The molecule has 1 atom stereocenters. The lowest BCUT2D eigenvalue weighted by Gasteiger charge is -2.26. The van der Waals surface area contributed by atoms with Gasteiger partial charge in [-0.1, -0.05) is 17.7 Å². The van der Waals surface area contributed by atoms with Crippen molar-refractivity contribution in [3.63, 3.8) is 0 Å². The van der Waals surface area contributed by atoms with E-state index in [2.05, 4.69) is 20.6 Å². The molecule has 1 fully saturated rings. The van der Waals surface area contributed by atoms with Crippen LogP contribution in [0.1, 0.15) is 37.2 Å². The second-order valence-electron chi connectivity index (χ2n) is 7.67. The first-order chi connectivity index (χ1) is 15.0. The molecule has 0 aliphatic carbocycles. The van der Waals surface area contributed by atoms with Crippen molar-refractivity contribution >= 4 is 34.1 Å². The van der Waals surface area contributed by atoms with Crippen LogP contribution in [0.3, 0.4) is 0 Å². The number of nitrogen functional groups attached to an aromatic ring is 1. The van der Waals surface area contributed by atoms with Gasteiger partial charge in [-0.3, -0.25) is 9.36 Å². The molecule has 0 amide bonds. The minimum atomic E-state index is -0.417. The molecule has 0 bridgehead atoms. The number of nitrogens with two attached hydrogens (primary N) is 1. The van der Waals surface area contributed by atoms with E-state index in [-0.39, 0.29) is 16.9 Å². The molecule has 4 N–H and O–H groups in total. The number of nitrogens with zero attached hydrogens (tertiary/aromatic N) is 5. The Morgan fingerprint density at radius 3 is 2.90 bits per heavy atom. The van der Waals surface area contributed by atoms with E-state index in [4.69, 9.17) is 22.3 Å². The Bertz CT molecular complexity index is 1210. The molecule has 31 heavy (non-hydrogen) atoms. The highest BCUT2D eigenvalue weighted by Crippen LogP contribution is 2.25. The predicted octanol–water partition coefficient (Wildman–Crippen LogP) is 2.47. The van der Waals surface area contributed by atoms with E-state index in [0.29, 0.717) is 40.0 Å². The standard InChI is InChI=1S/C21H23ClN8O/c1-12(28-19-14(9-23)18(24)26-11-27-19)20-29-16-4-2-3-15(22)17(16)21(31)30(20)10-13-5-7-25-8-6-13/h2-4,11-13,25H,5-8,10H2,1H3,(H3,24,26,27,28)/t12-/m0/s1. The second-order valence-corrected chi connectivity index (χ2v) is 8.08. The Labute approximate surface area is 184 Å². The number of nitrogens with one attached hydrogen (secondary N) is 2. The first kappa shape index (κ1) is 21.0. The number of rotatable bonds is 5. The van der Waals surface area contributed by atoms with E-state index in [1.807, 2.05) is 13.0 Å². The van der Waals surface area contributed by atoms with Crippen LogP contribution in [0.15, 0.2) is 29.3 Å². The minimum absolute atomic E-state index is 0.0950. The summed E-state index contributed by atoms with van der Waals surface area (Å²) < 4.78 is 1.71. The molecule has 160 valence electrons. The maximum atomic E-state index is 13.5. The van der Waals surface area contributed by atoms with Crippen molar-refractivity contribution in [2.75, 3.05) is 24.1 Å². The van der Waals surface area contributed by atoms with Crippen LogP contribution in [0.4, 0.5) is 11.6 Å². The fraction of sp³-hybridized carbons (Fsp3) is 0.381.